The first-order valence-corrected chi connectivity index (χ1v) is 5.33. The van der Waals surface area contributed by atoms with Crippen LogP contribution in [0.25, 0.3) is 0 Å². The largest absolute Gasteiger partial charge is 0.395 e. The van der Waals surface area contributed by atoms with Gasteiger partial charge in [-0.25, -0.2) is 0 Å². The zero-order valence-electron chi connectivity index (χ0n) is 8.75. The normalized spacial score (nSPS) is 27.3. The van der Waals surface area contributed by atoms with Crippen LogP contribution >= 0.6 is 0 Å². The van der Waals surface area contributed by atoms with Crippen LogP contribution in [0.3, 0.4) is 0 Å². The molecule has 0 aliphatic heterocycles. The summed E-state index contributed by atoms with van der Waals surface area (Å²) in [4.78, 5) is 11.5. The molecule has 0 spiro atoms. The lowest BCUT2D eigenvalue weighted by Crippen LogP contribution is -2.38. The fourth-order valence-corrected chi connectivity index (χ4v) is 1.97. The lowest BCUT2D eigenvalue weighted by molar-refractivity contribution is -0.126. The number of carbonyl (C=O) groups excluding carboxylic acids is 1. The Bertz CT molecular complexity index is 177. The van der Waals surface area contributed by atoms with E-state index < -0.39 is 0 Å². The molecule has 0 radical (unpaired) electrons. The van der Waals surface area contributed by atoms with Gasteiger partial charge in [-0.1, -0.05) is 0 Å². The van der Waals surface area contributed by atoms with Crippen LogP contribution in [0.2, 0.25) is 0 Å². The summed E-state index contributed by atoms with van der Waals surface area (Å²) in [5.41, 5.74) is 0. The Kier molecular flexibility index (Phi) is 4.90. The molecule has 1 fully saturated rings. The van der Waals surface area contributed by atoms with E-state index in [1.807, 2.05) is 7.05 Å². The van der Waals surface area contributed by atoms with Gasteiger partial charge in [0.25, 0.3) is 0 Å². The zero-order chi connectivity index (χ0) is 10.4. The lowest BCUT2D eigenvalue weighted by atomic mass is 9.85. The van der Waals surface area contributed by atoms with Gasteiger partial charge in [0.15, 0.2) is 0 Å². The predicted molar refractivity (Wildman–Crippen MR) is 54.9 cm³/mol. The van der Waals surface area contributed by atoms with Crippen molar-refractivity contribution in [2.45, 2.75) is 31.7 Å². The van der Waals surface area contributed by atoms with Crippen LogP contribution in [0.4, 0.5) is 0 Å². The fraction of sp³-hybridized carbons (Fsp3) is 0.900. The summed E-state index contributed by atoms with van der Waals surface area (Å²) in [6.07, 6.45) is 4.08. The fourth-order valence-electron chi connectivity index (χ4n) is 1.97. The zero-order valence-corrected chi connectivity index (χ0v) is 8.75. The van der Waals surface area contributed by atoms with Gasteiger partial charge in [-0.2, -0.15) is 0 Å². The third-order valence-electron chi connectivity index (χ3n) is 2.92. The molecule has 82 valence electrons. The number of hydrogen-bond acceptors (Lipinski definition) is 3. The molecule has 0 aromatic carbocycles. The molecule has 1 rings (SSSR count). The average Bonchev–Trinajstić information content (AvgIpc) is 2.26. The lowest BCUT2D eigenvalue weighted by Gasteiger charge is -2.27. The van der Waals surface area contributed by atoms with Gasteiger partial charge >= 0.3 is 0 Å². The van der Waals surface area contributed by atoms with E-state index >= 15 is 0 Å². The van der Waals surface area contributed by atoms with Gasteiger partial charge in [-0.3, -0.25) is 4.79 Å². The Morgan fingerprint density at radius 3 is 2.50 bits per heavy atom. The monoisotopic (exact) mass is 200 g/mol. The standard InChI is InChI=1S/C10H20N2O2/c1-11-9-4-2-8(3-5-9)10(14)12-6-7-13/h8-9,11,13H,2-7H2,1H3,(H,12,14). The van der Waals surface area contributed by atoms with Crippen LogP contribution in [0.1, 0.15) is 25.7 Å². The molecule has 1 aliphatic carbocycles. The Hall–Kier alpha value is -0.610. The van der Waals surface area contributed by atoms with E-state index in [0.29, 0.717) is 12.6 Å². The van der Waals surface area contributed by atoms with Crippen LogP contribution in [-0.2, 0) is 4.79 Å². The molecule has 1 aliphatic rings. The van der Waals surface area contributed by atoms with Gasteiger partial charge in [0.1, 0.15) is 0 Å². The first-order chi connectivity index (χ1) is 6.77. The van der Waals surface area contributed by atoms with Gasteiger partial charge in [0.2, 0.25) is 5.91 Å². The van der Waals surface area contributed by atoms with Crippen LogP contribution in [0.15, 0.2) is 0 Å². The summed E-state index contributed by atoms with van der Waals surface area (Å²) in [5.74, 6) is 0.264. The summed E-state index contributed by atoms with van der Waals surface area (Å²) in [5, 5.41) is 14.5. The van der Waals surface area contributed by atoms with Crippen molar-refractivity contribution in [2.75, 3.05) is 20.2 Å². The van der Waals surface area contributed by atoms with Crippen LogP contribution < -0.4 is 10.6 Å². The minimum Gasteiger partial charge on any atom is -0.395 e. The molecule has 0 atom stereocenters. The van der Waals surface area contributed by atoms with E-state index in [1.165, 1.54) is 0 Å². The van der Waals surface area contributed by atoms with Gasteiger partial charge in [-0.15, -0.1) is 0 Å². The number of aliphatic hydroxyl groups is 1. The van der Waals surface area contributed by atoms with Gasteiger partial charge in [0, 0.05) is 18.5 Å². The van der Waals surface area contributed by atoms with E-state index in [2.05, 4.69) is 10.6 Å². The summed E-state index contributed by atoms with van der Waals surface area (Å²) in [6.45, 7) is 0.405. The first-order valence-electron chi connectivity index (χ1n) is 5.33. The Morgan fingerprint density at radius 2 is 2.00 bits per heavy atom. The van der Waals surface area contributed by atoms with E-state index in [4.69, 9.17) is 5.11 Å². The molecule has 4 heteroatoms. The quantitative estimate of drug-likeness (QED) is 0.592. The topological polar surface area (TPSA) is 61.4 Å². The molecule has 0 unspecified atom stereocenters. The molecular formula is C10H20N2O2. The predicted octanol–water partition coefficient (Wildman–Crippen LogP) is -0.127. The van der Waals surface area contributed by atoms with Gasteiger partial charge < -0.3 is 15.7 Å². The minimum absolute atomic E-state index is 0.0254. The summed E-state index contributed by atoms with van der Waals surface area (Å²) in [6, 6.07) is 0.580. The number of aliphatic hydroxyl groups excluding tert-OH is 1. The molecule has 14 heavy (non-hydrogen) atoms. The summed E-state index contributed by atoms with van der Waals surface area (Å²) in [7, 11) is 1.97. The van der Waals surface area contributed by atoms with Crippen LogP contribution in [0, 0.1) is 5.92 Å². The van der Waals surface area contributed by atoms with Gasteiger partial charge in [0.05, 0.1) is 6.61 Å². The van der Waals surface area contributed by atoms with Crippen LogP contribution in [-0.4, -0.2) is 37.3 Å². The second kappa shape index (κ2) is 5.98. The second-order valence-corrected chi connectivity index (χ2v) is 3.85. The Labute approximate surface area is 85.1 Å². The van der Waals surface area contributed by atoms with Crippen molar-refractivity contribution in [3.63, 3.8) is 0 Å². The highest BCUT2D eigenvalue weighted by Crippen LogP contribution is 2.23. The highest BCUT2D eigenvalue weighted by Gasteiger charge is 2.24. The smallest absolute Gasteiger partial charge is 0.223 e. The molecule has 0 bridgehead atoms. The molecular weight excluding hydrogens is 180 g/mol. The molecule has 0 aromatic rings. The number of rotatable bonds is 4. The first kappa shape index (κ1) is 11.5. The SMILES string of the molecule is CNC1CCC(C(=O)NCCO)CC1. The molecule has 3 N–H and O–H groups in total. The molecule has 1 amide bonds. The molecule has 0 saturated heterocycles. The van der Waals surface area contributed by atoms with E-state index in [-0.39, 0.29) is 18.4 Å². The van der Waals surface area contributed by atoms with E-state index in [0.717, 1.165) is 25.7 Å². The van der Waals surface area contributed by atoms with E-state index in [9.17, 15) is 4.79 Å². The number of nitrogens with one attached hydrogen (secondary N) is 2. The Balaban J connectivity index is 2.23. The number of carbonyl (C=O) groups is 1. The average molecular weight is 200 g/mol. The third-order valence-corrected chi connectivity index (χ3v) is 2.92. The summed E-state index contributed by atoms with van der Waals surface area (Å²) < 4.78 is 0. The number of hydrogen-bond donors (Lipinski definition) is 3. The third kappa shape index (κ3) is 3.27. The van der Waals surface area contributed by atoms with Crippen LogP contribution in [0.5, 0.6) is 0 Å². The van der Waals surface area contributed by atoms with Crippen molar-refractivity contribution in [1.29, 1.82) is 0 Å². The highest BCUT2D eigenvalue weighted by atomic mass is 16.3. The summed E-state index contributed by atoms with van der Waals surface area (Å²) >= 11 is 0. The van der Waals surface area contributed by atoms with Gasteiger partial charge in [-0.05, 0) is 32.7 Å². The second-order valence-electron chi connectivity index (χ2n) is 3.85. The van der Waals surface area contributed by atoms with E-state index in [1.54, 1.807) is 0 Å². The molecule has 1 saturated carbocycles. The maximum Gasteiger partial charge on any atom is 0.223 e. The maximum atomic E-state index is 11.5. The van der Waals surface area contributed by atoms with Crippen molar-refractivity contribution < 1.29 is 9.90 Å². The maximum absolute atomic E-state index is 11.5. The molecule has 4 nitrogen and oxygen atoms in total. The molecule has 0 aromatic heterocycles. The van der Waals surface area contributed by atoms with Crippen molar-refractivity contribution in [3.05, 3.63) is 0 Å². The minimum atomic E-state index is 0.0254. The molecule has 0 heterocycles. The van der Waals surface area contributed by atoms with Crippen molar-refractivity contribution in [1.82, 2.24) is 10.6 Å². The van der Waals surface area contributed by atoms with Crippen molar-refractivity contribution in [2.24, 2.45) is 5.92 Å². The number of amides is 1. The van der Waals surface area contributed by atoms with Crippen molar-refractivity contribution >= 4 is 5.91 Å². The Morgan fingerprint density at radius 1 is 1.36 bits per heavy atom. The highest BCUT2D eigenvalue weighted by molar-refractivity contribution is 5.78. The van der Waals surface area contributed by atoms with Crippen molar-refractivity contribution in [3.8, 4) is 0 Å².